The third-order valence-corrected chi connectivity index (χ3v) is 2.96. The molecule has 20 heavy (non-hydrogen) atoms. The first-order chi connectivity index (χ1) is 9.44. The highest BCUT2D eigenvalue weighted by atomic mass is 32.2. The summed E-state index contributed by atoms with van der Waals surface area (Å²) in [4.78, 5) is 15.2. The average Bonchev–Trinajstić information content (AvgIpc) is 2.90. The Morgan fingerprint density at radius 1 is 1.40 bits per heavy atom. The van der Waals surface area contributed by atoms with Crippen molar-refractivity contribution in [2.45, 2.75) is 5.51 Å². The van der Waals surface area contributed by atoms with Crippen LogP contribution in [0.5, 0.6) is 0 Å². The molecule has 0 saturated carbocycles. The van der Waals surface area contributed by atoms with Crippen molar-refractivity contribution in [3.8, 4) is 11.3 Å². The van der Waals surface area contributed by atoms with Gasteiger partial charge in [0.05, 0.1) is 11.9 Å². The number of carbonyl (C=O) groups is 1. The standard InChI is InChI=1S/C12H9F3N2O2S/c13-12(14,15)20-6-11(18)17-9-3-1-2-8(4-9)10-5-16-7-19-10/h1-5,7H,6H2,(H,17,18). The summed E-state index contributed by atoms with van der Waals surface area (Å²) in [5.41, 5.74) is -3.35. The van der Waals surface area contributed by atoms with Crippen molar-refractivity contribution in [1.29, 1.82) is 0 Å². The van der Waals surface area contributed by atoms with Crippen LogP contribution < -0.4 is 5.32 Å². The largest absolute Gasteiger partial charge is 0.444 e. The topological polar surface area (TPSA) is 55.1 Å². The van der Waals surface area contributed by atoms with Gasteiger partial charge in [-0.25, -0.2) is 4.98 Å². The molecule has 0 fully saturated rings. The van der Waals surface area contributed by atoms with Gasteiger partial charge in [0.25, 0.3) is 0 Å². The Morgan fingerprint density at radius 3 is 2.85 bits per heavy atom. The number of thioether (sulfide) groups is 1. The molecule has 2 rings (SSSR count). The van der Waals surface area contributed by atoms with E-state index in [1.54, 1.807) is 24.3 Å². The summed E-state index contributed by atoms with van der Waals surface area (Å²) in [6.45, 7) is 0. The molecule has 0 spiro atoms. The van der Waals surface area contributed by atoms with E-state index in [0.717, 1.165) is 0 Å². The smallest absolute Gasteiger partial charge is 0.442 e. The highest BCUT2D eigenvalue weighted by Gasteiger charge is 2.29. The molecule has 106 valence electrons. The predicted molar refractivity (Wildman–Crippen MR) is 69.1 cm³/mol. The van der Waals surface area contributed by atoms with E-state index in [1.165, 1.54) is 12.6 Å². The van der Waals surface area contributed by atoms with Gasteiger partial charge in [-0.3, -0.25) is 4.79 Å². The molecule has 0 aliphatic rings. The SMILES string of the molecule is O=C(CSC(F)(F)F)Nc1cccc(-c2cnco2)c1. The van der Waals surface area contributed by atoms with Crippen LogP contribution in [0, 0.1) is 0 Å². The summed E-state index contributed by atoms with van der Waals surface area (Å²) in [6.07, 6.45) is 2.76. The number of benzene rings is 1. The maximum atomic E-state index is 12.0. The fourth-order valence-corrected chi connectivity index (χ4v) is 1.82. The van der Waals surface area contributed by atoms with E-state index in [1.807, 2.05) is 0 Å². The second-order valence-electron chi connectivity index (χ2n) is 3.73. The molecule has 0 unspecified atom stereocenters. The van der Waals surface area contributed by atoms with Gasteiger partial charge in [0.1, 0.15) is 0 Å². The molecule has 2 aromatic rings. The molecule has 0 aliphatic heterocycles. The second-order valence-corrected chi connectivity index (χ2v) is 4.77. The minimum Gasteiger partial charge on any atom is -0.444 e. The zero-order valence-corrected chi connectivity index (χ0v) is 10.8. The lowest BCUT2D eigenvalue weighted by Crippen LogP contribution is -2.17. The molecule has 1 amide bonds. The molecule has 1 N–H and O–H groups in total. The molecule has 0 bridgehead atoms. The van der Waals surface area contributed by atoms with E-state index in [2.05, 4.69) is 10.3 Å². The number of anilines is 1. The number of oxazole rings is 1. The van der Waals surface area contributed by atoms with Gasteiger partial charge in [-0.05, 0) is 23.9 Å². The Labute approximate surface area is 116 Å². The Balaban J connectivity index is 2.00. The minimum atomic E-state index is -4.42. The number of carbonyl (C=O) groups excluding carboxylic acids is 1. The van der Waals surface area contributed by atoms with Crippen LogP contribution in [0.1, 0.15) is 0 Å². The third-order valence-electron chi connectivity index (χ3n) is 2.23. The fraction of sp³-hybridized carbons (Fsp3) is 0.167. The number of rotatable bonds is 4. The van der Waals surface area contributed by atoms with Crippen molar-refractivity contribution in [3.63, 3.8) is 0 Å². The Kier molecular flexibility index (Phi) is 4.33. The maximum absolute atomic E-state index is 12.0. The molecule has 0 atom stereocenters. The number of halogens is 3. The monoisotopic (exact) mass is 302 g/mol. The number of aromatic nitrogens is 1. The zero-order valence-electron chi connectivity index (χ0n) is 9.98. The number of hydrogen-bond acceptors (Lipinski definition) is 4. The van der Waals surface area contributed by atoms with Crippen molar-refractivity contribution in [2.24, 2.45) is 0 Å². The molecule has 1 aromatic carbocycles. The van der Waals surface area contributed by atoms with Gasteiger partial charge in [-0.15, -0.1) is 0 Å². The number of amides is 1. The first-order valence-corrected chi connectivity index (χ1v) is 6.42. The van der Waals surface area contributed by atoms with Gasteiger partial charge >= 0.3 is 5.51 Å². The molecule has 0 aliphatic carbocycles. The molecule has 1 heterocycles. The molecular weight excluding hydrogens is 293 g/mol. The molecule has 8 heteroatoms. The second kappa shape index (κ2) is 6.00. The third kappa shape index (κ3) is 4.30. The predicted octanol–water partition coefficient (Wildman–Crippen LogP) is 3.53. The molecular formula is C12H9F3N2O2S. The summed E-state index contributed by atoms with van der Waals surface area (Å²) in [5.74, 6) is -0.899. The van der Waals surface area contributed by atoms with E-state index in [4.69, 9.17) is 4.42 Å². The summed E-state index contributed by atoms with van der Waals surface area (Å²) in [5, 5.41) is 2.40. The van der Waals surface area contributed by atoms with E-state index in [9.17, 15) is 18.0 Å². The quantitative estimate of drug-likeness (QED) is 0.938. The Hall–Kier alpha value is -1.96. The van der Waals surface area contributed by atoms with Crippen LogP contribution in [0.3, 0.4) is 0 Å². The number of nitrogens with one attached hydrogen (secondary N) is 1. The lowest BCUT2D eigenvalue weighted by molar-refractivity contribution is -0.114. The van der Waals surface area contributed by atoms with Gasteiger partial charge in [0.15, 0.2) is 12.2 Å². The van der Waals surface area contributed by atoms with E-state index >= 15 is 0 Å². The summed E-state index contributed by atoms with van der Waals surface area (Å²) in [7, 11) is 0. The van der Waals surface area contributed by atoms with Crippen LogP contribution in [0.25, 0.3) is 11.3 Å². The first-order valence-electron chi connectivity index (χ1n) is 5.43. The first kappa shape index (κ1) is 14.4. The Bertz CT molecular complexity index is 585. The van der Waals surface area contributed by atoms with Crippen molar-refractivity contribution in [3.05, 3.63) is 36.9 Å². The van der Waals surface area contributed by atoms with Gasteiger partial charge in [0.2, 0.25) is 5.91 Å². The molecule has 0 saturated heterocycles. The van der Waals surface area contributed by atoms with Crippen molar-refractivity contribution >= 4 is 23.4 Å². The van der Waals surface area contributed by atoms with Crippen molar-refractivity contribution in [1.82, 2.24) is 4.98 Å². The summed E-state index contributed by atoms with van der Waals surface area (Å²) < 4.78 is 41.0. The van der Waals surface area contributed by atoms with Gasteiger partial charge in [-0.2, -0.15) is 13.2 Å². The number of hydrogen-bond donors (Lipinski definition) is 1. The van der Waals surface area contributed by atoms with Crippen LogP contribution in [0.15, 0.2) is 41.3 Å². The van der Waals surface area contributed by atoms with Gasteiger partial charge in [-0.1, -0.05) is 12.1 Å². The highest BCUT2D eigenvalue weighted by Crippen LogP contribution is 2.30. The van der Waals surface area contributed by atoms with Crippen LogP contribution in [0.2, 0.25) is 0 Å². The lowest BCUT2D eigenvalue weighted by atomic mass is 10.1. The van der Waals surface area contributed by atoms with Crippen molar-refractivity contribution < 1.29 is 22.4 Å². The number of nitrogens with zero attached hydrogens (tertiary/aromatic N) is 1. The summed E-state index contributed by atoms with van der Waals surface area (Å²) >= 11 is -0.378. The van der Waals surface area contributed by atoms with Crippen LogP contribution in [-0.2, 0) is 4.79 Å². The van der Waals surface area contributed by atoms with Gasteiger partial charge < -0.3 is 9.73 Å². The van der Waals surface area contributed by atoms with E-state index in [0.29, 0.717) is 17.0 Å². The van der Waals surface area contributed by atoms with Crippen molar-refractivity contribution in [2.75, 3.05) is 11.1 Å². The molecule has 1 aromatic heterocycles. The zero-order chi connectivity index (χ0) is 14.6. The normalized spacial score (nSPS) is 11.3. The molecule has 4 nitrogen and oxygen atoms in total. The van der Waals surface area contributed by atoms with Crippen LogP contribution in [0.4, 0.5) is 18.9 Å². The van der Waals surface area contributed by atoms with Gasteiger partial charge in [0, 0.05) is 11.3 Å². The maximum Gasteiger partial charge on any atom is 0.442 e. The van der Waals surface area contributed by atoms with Crippen LogP contribution in [-0.4, -0.2) is 22.2 Å². The fourth-order valence-electron chi connectivity index (χ4n) is 1.45. The summed E-state index contributed by atoms with van der Waals surface area (Å²) in [6, 6.07) is 6.57. The lowest BCUT2D eigenvalue weighted by Gasteiger charge is -2.07. The molecule has 0 radical (unpaired) electrons. The van der Waals surface area contributed by atoms with E-state index in [-0.39, 0.29) is 11.8 Å². The highest BCUT2D eigenvalue weighted by molar-refractivity contribution is 8.00. The average molecular weight is 302 g/mol. The van der Waals surface area contributed by atoms with Crippen LogP contribution >= 0.6 is 11.8 Å². The minimum absolute atomic E-state index is 0.378. The number of alkyl halides is 3. The van der Waals surface area contributed by atoms with E-state index < -0.39 is 17.2 Å². The Morgan fingerprint density at radius 2 is 2.20 bits per heavy atom.